The van der Waals surface area contributed by atoms with E-state index in [0.717, 1.165) is 0 Å². The van der Waals surface area contributed by atoms with E-state index in [-0.39, 0.29) is 31.6 Å². The van der Waals surface area contributed by atoms with Crippen molar-refractivity contribution >= 4 is 35.1 Å². The van der Waals surface area contributed by atoms with E-state index in [9.17, 15) is 19.5 Å². The predicted molar refractivity (Wildman–Crippen MR) is 126 cm³/mol. The number of hydrogen-bond acceptors (Lipinski definition) is 6. The second-order valence-corrected chi connectivity index (χ2v) is 9.40. The van der Waals surface area contributed by atoms with Crippen LogP contribution < -0.4 is 4.90 Å². The van der Waals surface area contributed by atoms with Crippen LogP contribution in [0, 0.1) is 11.8 Å². The summed E-state index contributed by atoms with van der Waals surface area (Å²) in [5, 5.41) is 10.5. The van der Waals surface area contributed by atoms with E-state index in [2.05, 4.69) is 13.2 Å². The Balaban J connectivity index is 1.77. The number of aliphatic hydroxyl groups is 1. The molecule has 0 aromatic heterocycles. The van der Waals surface area contributed by atoms with Crippen molar-refractivity contribution in [2.75, 3.05) is 24.7 Å². The lowest BCUT2D eigenvalue weighted by Gasteiger charge is -2.38. The zero-order valence-corrected chi connectivity index (χ0v) is 19.8. The molecule has 3 saturated heterocycles. The number of carbonyl (C=O) groups is 3. The number of hydrogen-bond donors (Lipinski definition) is 1. The molecule has 4 rings (SSSR count). The number of aliphatic hydroxyl groups excluding tert-OH is 1. The average Bonchev–Trinajstić information content (AvgIpc) is 3.48. The molecule has 1 N–H and O–H groups in total. The minimum atomic E-state index is -1.17. The zero-order valence-electron chi connectivity index (χ0n) is 19.1. The number of halogens is 1. The highest BCUT2D eigenvalue weighted by atomic mass is 35.5. The molecule has 3 fully saturated rings. The summed E-state index contributed by atoms with van der Waals surface area (Å²) < 4.78 is 11.6. The third-order valence-electron chi connectivity index (χ3n) is 7.04. The highest BCUT2D eigenvalue weighted by Crippen LogP contribution is 2.59. The first-order chi connectivity index (χ1) is 16.3. The second-order valence-electron chi connectivity index (χ2n) is 8.97. The molecule has 1 aromatic carbocycles. The van der Waals surface area contributed by atoms with Gasteiger partial charge in [-0.25, -0.2) is 0 Å². The molecule has 2 unspecified atom stereocenters. The Hall–Kier alpha value is -2.68. The van der Waals surface area contributed by atoms with Crippen molar-refractivity contribution in [1.82, 2.24) is 4.90 Å². The van der Waals surface area contributed by atoms with E-state index in [4.69, 9.17) is 21.1 Å². The standard InChI is InChI=1S/C25H29ClN2O6/c1-4-12-27(17-8-6-16(26)7-9-17)23(31)21-25-11-10-18(34-25)19(24(32)33-13-5-2)20(25)22(30)28(21)15(3)14-29/h4-9,15,18-21,29H,1-2,10-14H2,3H3/t15-,18-,19+,20+,21?,25?/m1/s1. The van der Waals surface area contributed by atoms with E-state index in [1.807, 2.05) is 0 Å². The van der Waals surface area contributed by atoms with E-state index in [1.54, 1.807) is 37.3 Å². The maximum absolute atomic E-state index is 14.1. The molecule has 0 aliphatic carbocycles. The van der Waals surface area contributed by atoms with E-state index in [0.29, 0.717) is 23.6 Å². The Morgan fingerprint density at radius 1 is 1.35 bits per heavy atom. The monoisotopic (exact) mass is 488 g/mol. The lowest BCUT2D eigenvalue weighted by atomic mass is 9.70. The van der Waals surface area contributed by atoms with Crippen molar-refractivity contribution in [3.05, 3.63) is 54.6 Å². The van der Waals surface area contributed by atoms with Gasteiger partial charge in [-0.2, -0.15) is 0 Å². The highest BCUT2D eigenvalue weighted by molar-refractivity contribution is 6.30. The molecular formula is C25H29ClN2O6. The first kappa shape index (κ1) is 24.4. The molecule has 8 nitrogen and oxygen atoms in total. The lowest BCUT2D eigenvalue weighted by molar-refractivity contribution is -0.154. The van der Waals surface area contributed by atoms with Gasteiger partial charge in [0.15, 0.2) is 0 Å². The molecule has 3 heterocycles. The molecule has 6 atom stereocenters. The molecule has 1 aromatic rings. The number of anilines is 1. The maximum atomic E-state index is 14.1. The molecule has 2 amide bonds. The molecule has 2 bridgehead atoms. The van der Waals surface area contributed by atoms with Crippen LogP contribution in [0.4, 0.5) is 5.69 Å². The first-order valence-electron chi connectivity index (χ1n) is 11.4. The Labute approximate surface area is 203 Å². The van der Waals surface area contributed by atoms with Gasteiger partial charge in [0.2, 0.25) is 5.91 Å². The smallest absolute Gasteiger partial charge is 0.312 e. The van der Waals surface area contributed by atoms with Crippen molar-refractivity contribution in [2.24, 2.45) is 11.8 Å². The normalized spacial score (nSPS) is 30.1. The van der Waals surface area contributed by atoms with E-state index >= 15 is 0 Å². The summed E-state index contributed by atoms with van der Waals surface area (Å²) in [7, 11) is 0. The fraction of sp³-hybridized carbons (Fsp3) is 0.480. The molecule has 182 valence electrons. The van der Waals surface area contributed by atoms with Crippen LogP contribution in [-0.4, -0.2) is 71.3 Å². The number of esters is 1. The van der Waals surface area contributed by atoms with Crippen LogP contribution in [0.25, 0.3) is 0 Å². The Morgan fingerprint density at radius 3 is 2.68 bits per heavy atom. The van der Waals surface area contributed by atoms with Gasteiger partial charge >= 0.3 is 5.97 Å². The molecule has 34 heavy (non-hydrogen) atoms. The number of ether oxygens (including phenoxy) is 2. The quantitative estimate of drug-likeness (QED) is 0.423. The third-order valence-corrected chi connectivity index (χ3v) is 7.29. The van der Waals surface area contributed by atoms with Gasteiger partial charge in [-0.3, -0.25) is 14.4 Å². The molecular weight excluding hydrogens is 460 g/mol. The summed E-state index contributed by atoms with van der Waals surface area (Å²) in [5.74, 6) is -2.94. The number of carbonyl (C=O) groups excluding carboxylic acids is 3. The van der Waals surface area contributed by atoms with Crippen molar-refractivity contribution in [2.45, 2.75) is 43.6 Å². The summed E-state index contributed by atoms with van der Waals surface area (Å²) in [6.07, 6.45) is 3.54. The largest absolute Gasteiger partial charge is 0.461 e. The number of amides is 2. The predicted octanol–water partition coefficient (Wildman–Crippen LogP) is 2.34. The van der Waals surface area contributed by atoms with Crippen LogP contribution in [0.5, 0.6) is 0 Å². The minimum Gasteiger partial charge on any atom is -0.461 e. The van der Waals surface area contributed by atoms with Gasteiger partial charge in [-0.15, -0.1) is 6.58 Å². The van der Waals surface area contributed by atoms with Crippen molar-refractivity contribution in [1.29, 1.82) is 0 Å². The summed E-state index contributed by atoms with van der Waals surface area (Å²) in [6.45, 7) is 8.89. The zero-order chi connectivity index (χ0) is 24.6. The van der Waals surface area contributed by atoms with Crippen LogP contribution in [0.15, 0.2) is 49.6 Å². The van der Waals surface area contributed by atoms with Gasteiger partial charge in [-0.1, -0.05) is 30.3 Å². The highest BCUT2D eigenvalue weighted by Gasteiger charge is 2.75. The van der Waals surface area contributed by atoms with Crippen molar-refractivity contribution in [3.8, 4) is 0 Å². The van der Waals surface area contributed by atoms with Gasteiger partial charge < -0.3 is 24.4 Å². The van der Waals surface area contributed by atoms with Gasteiger partial charge in [0.05, 0.1) is 30.6 Å². The van der Waals surface area contributed by atoms with Gasteiger partial charge in [0.25, 0.3) is 5.91 Å². The fourth-order valence-corrected chi connectivity index (χ4v) is 5.78. The number of likely N-dealkylation sites (tertiary alicyclic amines) is 1. The summed E-state index contributed by atoms with van der Waals surface area (Å²) in [5.41, 5.74) is -0.584. The Morgan fingerprint density at radius 2 is 2.06 bits per heavy atom. The number of benzene rings is 1. The lowest BCUT2D eigenvalue weighted by Crippen LogP contribution is -2.58. The Kier molecular flexibility index (Phi) is 6.85. The van der Waals surface area contributed by atoms with Crippen LogP contribution in [0.2, 0.25) is 5.02 Å². The van der Waals surface area contributed by atoms with Gasteiger partial charge in [-0.05, 0) is 44.0 Å². The molecule has 3 aliphatic rings. The van der Waals surface area contributed by atoms with Gasteiger partial charge in [0, 0.05) is 17.3 Å². The van der Waals surface area contributed by atoms with Crippen LogP contribution >= 0.6 is 11.6 Å². The van der Waals surface area contributed by atoms with Crippen LogP contribution in [0.3, 0.4) is 0 Å². The SMILES string of the molecule is C=CCOC(=O)[C@@H]1[C@H]2C(=O)N([C@H](C)CO)C(C(=O)N(CC=C)c3ccc(Cl)cc3)C23CC[C@H]1O3. The van der Waals surface area contributed by atoms with E-state index < -0.39 is 41.6 Å². The number of fused-ring (bicyclic) bond motifs is 1. The second kappa shape index (κ2) is 9.52. The van der Waals surface area contributed by atoms with Crippen molar-refractivity contribution in [3.63, 3.8) is 0 Å². The average molecular weight is 489 g/mol. The number of nitrogens with zero attached hydrogens (tertiary/aromatic N) is 2. The molecule has 1 spiro atoms. The number of rotatable bonds is 9. The maximum Gasteiger partial charge on any atom is 0.312 e. The fourth-order valence-electron chi connectivity index (χ4n) is 5.66. The minimum absolute atomic E-state index is 0.0265. The van der Waals surface area contributed by atoms with E-state index in [1.165, 1.54) is 15.9 Å². The first-order valence-corrected chi connectivity index (χ1v) is 11.7. The molecule has 0 radical (unpaired) electrons. The van der Waals surface area contributed by atoms with Crippen molar-refractivity contribution < 1.29 is 29.0 Å². The van der Waals surface area contributed by atoms with Gasteiger partial charge in [0.1, 0.15) is 18.2 Å². The summed E-state index contributed by atoms with van der Waals surface area (Å²) >= 11 is 6.03. The summed E-state index contributed by atoms with van der Waals surface area (Å²) in [4.78, 5) is 43.7. The molecule has 9 heteroatoms. The van der Waals surface area contributed by atoms with Crippen LogP contribution in [-0.2, 0) is 23.9 Å². The molecule has 0 saturated carbocycles. The third kappa shape index (κ3) is 3.74. The summed E-state index contributed by atoms with van der Waals surface area (Å²) in [6, 6.07) is 5.14. The Bertz CT molecular complexity index is 998. The van der Waals surface area contributed by atoms with Crippen LogP contribution in [0.1, 0.15) is 19.8 Å². The topological polar surface area (TPSA) is 96.4 Å². The molecule has 3 aliphatic heterocycles.